The zero-order valence-corrected chi connectivity index (χ0v) is 14.9. The normalized spacial score (nSPS) is 14.8. The number of aromatic amines is 1. The number of nitrogens with one attached hydrogen (secondary N) is 2. The fraction of sp³-hybridized carbons (Fsp3) is 0.444. The first-order chi connectivity index (χ1) is 11.6. The number of methoxy groups -OCH3 is 1. The molecule has 1 aromatic carbocycles. The average Bonchev–Trinajstić information content (AvgIpc) is 3.13. The van der Waals surface area contributed by atoms with Crippen LogP contribution in [-0.4, -0.2) is 35.2 Å². The number of benzene rings is 1. The summed E-state index contributed by atoms with van der Waals surface area (Å²) in [7, 11) is 3.47. The molecular formula is C18H23N3O2S. The summed E-state index contributed by atoms with van der Waals surface area (Å²) >= 11 is 5.47. The number of pyridine rings is 1. The predicted molar refractivity (Wildman–Crippen MR) is 101 cm³/mol. The maximum absolute atomic E-state index is 12.5. The van der Waals surface area contributed by atoms with Crippen LogP contribution in [-0.2, 0) is 6.54 Å². The molecule has 2 N–H and O–H groups in total. The van der Waals surface area contributed by atoms with Gasteiger partial charge in [0.1, 0.15) is 5.75 Å². The van der Waals surface area contributed by atoms with Crippen LogP contribution in [0.2, 0.25) is 0 Å². The van der Waals surface area contributed by atoms with E-state index in [2.05, 4.69) is 15.2 Å². The van der Waals surface area contributed by atoms with E-state index in [4.69, 9.17) is 17.0 Å². The summed E-state index contributed by atoms with van der Waals surface area (Å²) in [4.78, 5) is 17.6. The molecule has 1 aliphatic carbocycles. The molecule has 0 radical (unpaired) electrons. The van der Waals surface area contributed by atoms with Gasteiger partial charge in [-0.3, -0.25) is 4.79 Å². The predicted octanol–water partition coefficient (Wildman–Crippen LogP) is 2.79. The van der Waals surface area contributed by atoms with Crippen LogP contribution in [0, 0.1) is 0 Å². The number of aromatic nitrogens is 1. The highest BCUT2D eigenvalue weighted by atomic mass is 32.1. The third kappa shape index (κ3) is 3.38. The van der Waals surface area contributed by atoms with Crippen LogP contribution in [0.1, 0.15) is 31.2 Å². The Balaban J connectivity index is 1.95. The molecule has 0 spiro atoms. The largest absolute Gasteiger partial charge is 0.497 e. The molecule has 3 rings (SSSR count). The molecular weight excluding hydrogens is 322 g/mol. The molecule has 1 fully saturated rings. The van der Waals surface area contributed by atoms with Gasteiger partial charge in [0.2, 0.25) is 0 Å². The van der Waals surface area contributed by atoms with E-state index in [0.29, 0.717) is 17.7 Å². The average molecular weight is 345 g/mol. The van der Waals surface area contributed by atoms with Gasteiger partial charge >= 0.3 is 0 Å². The molecule has 2 aromatic rings. The van der Waals surface area contributed by atoms with E-state index in [1.54, 1.807) is 7.11 Å². The second kappa shape index (κ2) is 7.21. The molecule has 5 nitrogen and oxygen atoms in total. The van der Waals surface area contributed by atoms with Gasteiger partial charge in [-0.2, -0.15) is 0 Å². The van der Waals surface area contributed by atoms with Gasteiger partial charge in [0, 0.05) is 29.6 Å². The van der Waals surface area contributed by atoms with E-state index in [-0.39, 0.29) is 5.56 Å². The topological polar surface area (TPSA) is 57.4 Å². The molecule has 0 unspecified atom stereocenters. The molecule has 0 atom stereocenters. The lowest BCUT2D eigenvalue weighted by Gasteiger charge is -2.31. The van der Waals surface area contributed by atoms with Crippen molar-refractivity contribution < 1.29 is 4.74 Å². The summed E-state index contributed by atoms with van der Waals surface area (Å²) in [5.74, 6) is 0.777. The van der Waals surface area contributed by atoms with Crippen LogP contribution in [0.15, 0.2) is 29.1 Å². The third-order valence-corrected chi connectivity index (χ3v) is 5.15. The quantitative estimate of drug-likeness (QED) is 0.835. The molecule has 1 saturated carbocycles. The highest BCUT2D eigenvalue weighted by molar-refractivity contribution is 7.80. The summed E-state index contributed by atoms with van der Waals surface area (Å²) in [5, 5.41) is 4.73. The molecule has 0 aliphatic heterocycles. The summed E-state index contributed by atoms with van der Waals surface area (Å²) in [6.45, 7) is 0.521. The van der Waals surface area contributed by atoms with Crippen molar-refractivity contribution in [3.05, 3.63) is 40.2 Å². The lowest BCUT2D eigenvalue weighted by atomic mass is 10.1. The first-order valence-corrected chi connectivity index (χ1v) is 8.71. The lowest BCUT2D eigenvalue weighted by molar-refractivity contribution is 0.304. The van der Waals surface area contributed by atoms with E-state index in [1.165, 1.54) is 12.8 Å². The minimum absolute atomic E-state index is 0.0606. The Hall–Kier alpha value is -2.08. The van der Waals surface area contributed by atoms with Crippen molar-refractivity contribution in [3.8, 4) is 5.75 Å². The maximum Gasteiger partial charge on any atom is 0.253 e. The molecule has 1 aliphatic rings. The number of hydrogen-bond acceptors (Lipinski definition) is 3. The molecule has 0 amide bonds. The number of fused-ring (bicyclic) bond motifs is 1. The minimum atomic E-state index is -0.0606. The monoisotopic (exact) mass is 345 g/mol. The smallest absolute Gasteiger partial charge is 0.253 e. The minimum Gasteiger partial charge on any atom is -0.497 e. The van der Waals surface area contributed by atoms with Crippen molar-refractivity contribution >= 4 is 28.2 Å². The number of H-pyrrole nitrogens is 1. The van der Waals surface area contributed by atoms with Crippen LogP contribution in [0.4, 0.5) is 0 Å². The summed E-state index contributed by atoms with van der Waals surface area (Å²) in [5.41, 5.74) is 1.47. The number of nitrogens with zero attached hydrogens (tertiary/aromatic N) is 1. The van der Waals surface area contributed by atoms with Gasteiger partial charge in [0.15, 0.2) is 5.11 Å². The highest BCUT2D eigenvalue weighted by Gasteiger charge is 2.25. The number of rotatable bonds is 4. The molecule has 6 heteroatoms. The van der Waals surface area contributed by atoms with Crippen LogP contribution < -0.4 is 15.6 Å². The number of thiocarbonyl (C=S) groups is 1. The molecule has 1 aromatic heterocycles. The Kier molecular flexibility index (Phi) is 5.04. The zero-order chi connectivity index (χ0) is 17.1. The zero-order valence-electron chi connectivity index (χ0n) is 14.1. The Bertz CT molecular complexity index is 796. The lowest BCUT2D eigenvalue weighted by Crippen LogP contribution is -2.44. The fourth-order valence-electron chi connectivity index (χ4n) is 3.38. The van der Waals surface area contributed by atoms with E-state index in [9.17, 15) is 4.79 Å². The second-order valence-corrected chi connectivity index (χ2v) is 6.58. The summed E-state index contributed by atoms with van der Waals surface area (Å²) in [6.07, 6.45) is 4.69. The van der Waals surface area contributed by atoms with E-state index < -0.39 is 0 Å². The third-order valence-electron chi connectivity index (χ3n) is 4.71. The molecule has 0 saturated heterocycles. The standard InChI is InChI=1S/C18H23N3O2S/c1-19-18(24)21(14-5-3-4-6-14)11-13-9-12-10-15(23-2)7-8-16(12)20-17(13)22/h7-10,14H,3-6,11H2,1-2H3,(H,19,24)(H,20,22). The molecule has 128 valence electrons. The highest BCUT2D eigenvalue weighted by Crippen LogP contribution is 2.25. The van der Waals surface area contributed by atoms with Crippen molar-refractivity contribution in [1.29, 1.82) is 0 Å². The van der Waals surface area contributed by atoms with Gasteiger partial charge in [0.25, 0.3) is 5.56 Å². The number of hydrogen-bond donors (Lipinski definition) is 2. The first kappa shape index (κ1) is 16.8. The summed E-state index contributed by atoms with van der Waals surface area (Å²) < 4.78 is 5.28. The van der Waals surface area contributed by atoms with E-state index in [1.807, 2.05) is 31.3 Å². The molecule has 0 bridgehead atoms. The Labute approximate surface area is 147 Å². The molecule has 1 heterocycles. The van der Waals surface area contributed by atoms with Crippen LogP contribution >= 0.6 is 12.2 Å². The SMILES string of the molecule is CNC(=S)N(Cc1cc2cc(OC)ccc2[nH]c1=O)C1CCCC1. The van der Waals surface area contributed by atoms with Gasteiger partial charge in [-0.1, -0.05) is 12.8 Å². The van der Waals surface area contributed by atoms with Crippen molar-refractivity contribution in [2.24, 2.45) is 0 Å². The van der Waals surface area contributed by atoms with Crippen LogP contribution in [0.5, 0.6) is 5.75 Å². The van der Waals surface area contributed by atoms with Crippen molar-refractivity contribution in [1.82, 2.24) is 15.2 Å². The fourth-order valence-corrected chi connectivity index (χ4v) is 3.60. The maximum atomic E-state index is 12.5. The van der Waals surface area contributed by atoms with Crippen LogP contribution in [0.25, 0.3) is 10.9 Å². The first-order valence-electron chi connectivity index (χ1n) is 8.30. The van der Waals surface area contributed by atoms with Crippen LogP contribution in [0.3, 0.4) is 0 Å². The van der Waals surface area contributed by atoms with E-state index in [0.717, 1.165) is 35.1 Å². The van der Waals surface area contributed by atoms with Gasteiger partial charge < -0.3 is 19.9 Å². The van der Waals surface area contributed by atoms with Crippen molar-refractivity contribution in [3.63, 3.8) is 0 Å². The van der Waals surface area contributed by atoms with Gasteiger partial charge in [-0.15, -0.1) is 0 Å². The second-order valence-electron chi connectivity index (χ2n) is 6.20. The molecule has 24 heavy (non-hydrogen) atoms. The van der Waals surface area contributed by atoms with Gasteiger partial charge in [-0.25, -0.2) is 0 Å². The van der Waals surface area contributed by atoms with Gasteiger partial charge in [-0.05, 0) is 49.3 Å². The van der Waals surface area contributed by atoms with Crippen molar-refractivity contribution in [2.75, 3.05) is 14.2 Å². The van der Waals surface area contributed by atoms with Gasteiger partial charge in [0.05, 0.1) is 13.7 Å². The Morgan fingerprint density at radius 3 is 2.79 bits per heavy atom. The Morgan fingerprint density at radius 1 is 1.38 bits per heavy atom. The Morgan fingerprint density at radius 2 is 2.12 bits per heavy atom. The van der Waals surface area contributed by atoms with Crippen molar-refractivity contribution in [2.45, 2.75) is 38.3 Å². The summed E-state index contributed by atoms with van der Waals surface area (Å²) in [6, 6.07) is 8.00. The van der Waals surface area contributed by atoms with E-state index >= 15 is 0 Å². The number of ether oxygens (including phenoxy) is 1.